The number of carbonyl (C=O) groups is 1. The van der Waals surface area contributed by atoms with Crippen LogP contribution in [0.5, 0.6) is 5.75 Å². The minimum atomic E-state index is -5.10. The number of aromatic nitrogens is 1. The summed E-state index contributed by atoms with van der Waals surface area (Å²) in [6.45, 7) is 0. The van der Waals surface area contributed by atoms with Crippen LogP contribution >= 0.6 is 11.6 Å². The zero-order valence-electron chi connectivity index (χ0n) is 17.3. The molecule has 33 heavy (non-hydrogen) atoms. The van der Waals surface area contributed by atoms with Gasteiger partial charge in [0.1, 0.15) is 16.5 Å². The van der Waals surface area contributed by atoms with Gasteiger partial charge in [-0.05, 0) is 24.3 Å². The first-order chi connectivity index (χ1) is 15.4. The molecule has 0 N–H and O–H groups in total. The lowest BCUT2D eigenvalue weighted by Gasteiger charge is -2.21. The van der Waals surface area contributed by atoms with Crippen LogP contribution in [0.3, 0.4) is 0 Å². The zero-order valence-corrected chi connectivity index (χ0v) is 18.9. The highest BCUT2D eigenvalue weighted by Gasteiger charge is 2.46. The van der Waals surface area contributed by atoms with Crippen LogP contribution in [0.1, 0.15) is 11.8 Å². The fraction of sp³-hybridized carbons (Fsp3) is 0.238. The van der Waals surface area contributed by atoms with Gasteiger partial charge in [0.2, 0.25) is 6.10 Å². The summed E-state index contributed by atoms with van der Waals surface area (Å²) in [7, 11) is -1.36. The number of esters is 1. The highest BCUT2D eigenvalue weighted by atomic mass is 35.5. The normalized spacial score (nSPS) is 13.0. The Morgan fingerprint density at radius 2 is 1.76 bits per heavy atom. The molecule has 0 aliphatic carbocycles. The van der Waals surface area contributed by atoms with Gasteiger partial charge in [-0.25, -0.2) is 4.18 Å². The average molecular weight is 503 g/mol. The van der Waals surface area contributed by atoms with E-state index in [1.165, 1.54) is 18.2 Å². The maximum atomic E-state index is 13.8. The maximum absolute atomic E-state index is 13.8. The van der Waals surface area contributed by atoms with Crippen molar-refractivity contribution in [3.63, 3.8) is 0 Å². The van der Waals surface area contributed by atoms with Crippen molar-refractivity contribution >= 4 is 44.1 Å². The third kappa shape index (κ3) is 5.55. The Balaban J connectivity index is 2.01. The lowest BCUT2D eigenvalue weighted by Crippen LogP contribution is -2.27. The number of ether oxygens (including phenoxy) is 1. The first kappa shape index (κ1) is 24.7. The Morgan fingerprint density at radius 3 is 2.33 bits per heavy atom. The van der Waals surface area contributed by atoms with Crippen molar-refractivity contribution in [2.24, 2.45) is 0 Å². The van der Waals surface area contributed by atoms with Crippen molar-refractivity contribution in [3.8, 4) is 5.75 Å². The monoisotopic (exact) mass is 502 g/mol. The van der Waals surface area contributed by atoms with Crippen molar-refractivity contribution in [2.75, 3.05) is 24.9 Å². The minimum Gasteiger partial charge on any atom is -0.424 e. The van der Waals surface area contributed by atoms with Gasteiger partial charge >= 0.3 is 12.1 Å². The molecule has 3 aromatic rings. The molecule has 1 aromatic heterocycles. The van der Waals surface area contributed by atoms with Crippen molar-refractivity contribution in [2.45, 2.75) is 17.2 Å². The summed E-state index contributed by atoms with van der Waals surface area (Å²) < 4.78 is 76.6. The smallest absolute Gasteiger partial charge is 0.421 e. The molecule has 12 heteroatoms. The van der Waals surface area contributed by atoms with E-state index in [1.807, 2.05) is 0 Å². The van der Waals surface area contributed by atoms with E-state index in [0.29, 0.717) is 11.1 Å². The molecule has 1 atom stereocenters. The van der Waals surface area contributed by atoms with Crippen molar-refractivity contribution < 1.29 is 35.3 Å². The molecule has 0 aliphatic heterocycles. The number of alkyl halides is 4. The number of carbonyl (C=O) groups excluding carboxylic acids is 1. The average Bonchev–Trinajstić information content (AvgIpc) is 2.76. The first-order valence-corrected chi connectivity index (χ1v) is 11.3. The molecule has 1 heterocycles. The van der Waals surface area contributed by atoms with Gasteiger partial charge in [0.05, 0.1) is 11.9 Å². The Kier molecular flexibility index (Phi) is 7.15. The number of hydrogen-bond acceptors (Lipinski definition) is 7. The summed E-state index contributed by atoms with van der Waals surface area (Å²) in [6.07, 6.45) is -7.14. The highest BCUT2D eigenvalue weighted by Crippen LogP contribution is 2.39. The van der Waals surface area contributed by atoms with Crippen LogP contribution in [0.2, 0.25) is 0 Å². The minimum absolute atomic E-state index is 0.154. The van der Waals surface area contributed by atoms with E-state index < -0.39 is 44.8 Å². The van der Waals surface area contributed by atoms with Crippen LogP contribution in [0, 0.1) is 0 Å². The largest absolute Gasteiger partial charge is 0.424 e. The molecule has 1 unspecified atom stereocenters. The predicted molar refractivity (Wildman–Crippen MR) is 116 cm³/mol. The first-order valence-electron chi connectivity index (χ1n) is 9.35. The van der Waals surface area contributed by atoms with Gasteiger partial charge in [-0.2, -0.15) is 21.6 Å². The Bertz CT molecular complexity index is 1270. The van der Waals surface area contributed by atoms with E-state index in [-0.39, 0.29) is 11.1 Å². The molecule has 0 bridgehead atoms. The predicted octanol–water partition coefficient (Wildman–Crippen LogP) is 4.45. The van der Waals surface area contributed by atoms with Gasteiger partial charge in [-0.1, -0.05) is 24.3 Å². The molecule has 0 radical (unpaired) electrons. The molecular formula is C21H18ClF3N2O5S. The summed E-state index contributed by atoms with van der Waals surface area (Å²) in [5.74, 6) is -1.45. The summed E-state index contributed by atoms with van der Waals surface area (Å²) in [5.41, 5.74) is -0.0494. The molecule has 0 saturated heterocycles. The Labute approximate surface area is 192 Å². The number of fused-ring (bicyclic) bond motifs is 1. The van der Waals surface area contributed by atoms with Crippen LogP contribution < -0.4 is 9.64 Å². The third-order valence-electron chi connectivity index (χ3n) is 4.50. The lowest BCUT2D eigenvalue weighted by molar-refractivity contribution is -0.197. The van der Waals surface area contributed by atoms with E-state index in [9.17, 15) is 26.4 Å². The third-order valence-corrected chi connectivity index (χ3v) is 6.06. The van der Waals surface area contributed by atoms with Gasteiger partial charge in [0.15, 0.2) is 0 Å². The molecule has 7 nitrogen and oxygen atoms in total. The molecule has 0 aliphatic rings. The molecule has 0 saturated carbocycles. The summed E-state index contributed by atoms with van der Waals surface area (Å²) in [6, 6.07) is 11.0. The second kappa shape index (κ2) is 9.54. The van der Waals surface area contributed by atoms with E-state index in [0.717, 1.165) is 18.3 Å². The lowest BCUT2D eigenvalue weighted by atomic mass is 10.1. The molecule has 2 aromatic carbocycles. The zero-order chi connectivity index (χ0) is 24.4. The maximum Gasteiger partial charge on any atom is 0.421 e. The standard InChI is InChI=1S/C21H18ClF3N2O5S/c1-27(2)17-7-3-6-15-14(17)5-4-8-18(15)33(29,30)32-20(21(23,24)25)16-10-9-13(12-26-16)31-19(28)11-22/h3-10,12,20H,11H2,1-2H3. The van der Waals surface area contributed by atoms with E-state index in [1.54, 1.807) is 37.2 Å². The van der Waals surface area contributed by atoms with Crippen LogP contribution in [0.25, 0.3) is 10.8 Å². The number of rotatable bonds is 7. The van der Waals surface area contributed by atoms with Crippen LogP contribution in [-0.4, -0.2) is 45.5 Å². The van der Waals surface area contributed by atoms with Gasteiger partial charge in [-0.3, -0.25) is 9.78 Å². The number of nitrogens with zero attached hydrogens (tertiary/aromatic N) is 2. The van der Waals surface area contributed by atoms with Gasteiger partial charge in [0.25, 0.3) is 10.1 Å². The summed E-state index contributed by atoms with van der Waals surface area (Å²) >= 11 is 5.31. The van der Waals surface area contributed by atoms with Gasteiger partial charge < -0.3 is 9.64 Å². The van der Waals surface area contributed by atoms with Crippen LogP contribution in [-0.2, 0) is 19.1 Å². The SMILES string of the molecule is CN(C)c1cccc2c(S(=O)(=O)OC(c3ccc(OC(=O)CCl)cn3)C(F)(F)F)cccc12. The summed E-state index contributed by atoms with van der Waals surface area (Å²) in [5, 5.41) is 0.736. The topological polar surface area (TPSA) is 85.8 Å². The molecule has 0 amide bonds. The number of pyridine rings is 1. The molecule has 0 spiro atoms. The second-order valence-corrected chi connectivity index (χ2v) is 8.83. The van der Waals surface area contributed by atoms with Crippen molar-refractivity contribution in [1.82, 2.24) is 4.98 Å². The number of benzene rings is 2. The molecule has 0 fully saturated rings. The Morgan fingerprint density at radius 1 is 1.09 bits per heavy atom. The molecule has 3 rings (SSSR count). The van der Waals surface area contributed by atoms with Crippen LogP contribution in [0.4, 0.5) is 18.9 Å². The highest BCUT2D eigenvalue weighted by molar-refractivity contribution is 7.87. The van der Waals surface area contributed by atoms with E-state index in [4.69, 9.17) is 16.3 Å². The summed E-state index contributed by atoms with van der Waals surface area (Å²) in [4.78, 5) is 16.1. The number of halogens is 4. The second-order valence-electron chi connectivity index (χ2n) is 7.02. The quantitative estimate of drug-likeness (QED) is 0.268. The molecular weight excluding hydrogens is 485 g/mol. The van der Waals surface area contributed by atoms with Gasteiger partial charge in [0, 0.05) is 30.6 Å². The van der Waals surface area contributed by atoms with Crippen LogP contribution in [0.15, 0.2) is 59.6 Å². The molecule has 176 valence electrons. The van der Waals surface area contributed by atoms with Crippen molar-refractivity contribution in [3.05, 3.63) is 60.4 Å². The van der Waals surface area contributed by atoms with Gasteiger partial charge in [-0.15, -0.1) is 11.6 Å². The van der Waals surface area contributed by atoms with E-state index in [2.05, 4.69) is 9.17 Å². The number of hydrogen-bond donors (Lipinski definition) is 0. The van der Waals surface area contributed by atoms with Crippen molar-refractivity contribution in [1.29, 1.82) is 0 Å². The fourth-order valence-electron chi connectivity index (χ4n) is 3.09. The number of anilines is 1. The van der Waals surface area contributed by atoms with E-state index >= 15 is 0 Å². The fourth-order valence-corrected chi connectivity index (χ4v) is 4.40. The Hall–Kier alpha value is -2.89.